The molecule has 4 rings (SSSR count). The lowest BCUT2D eigenvalue weighted by atomic mass is 10.1. The maximum absolute atomic E-state index is 13.0. The number of nitrogens with zero attached hydrogens (tertiary/aromatic N) is 2. The highest BCUT2D eigenvalue weighted by atomic mass is 79.9. The predicted octanol–water partition coefficient (Wildman–Crippen LogP) is 6.51. The zero-order chi connectivity index (χ0) is 23.7. The Bertz CT molecular complexity index is 1320. The smallest absolute Gasteiger partial charge is 0.325 e. The number of halogens is 3. The Labute approximate surface area is 212 Å². The second-order valence-electron chi connectivity index (χ2n) is 7.20. The number of carbonyl (C=O) groups is 3. The van der Waals surface area contributed by atoms with Gasteiger partial charge >= 0.3 is 5.97 Å². The Morgan fingerprint density at radius 2 is 1.94 bits per heavy atom. The van der Waals surface area contributed by atoms with Crippen LogP contribution in [0.25, 0.3) is 17.0 Å². The Hall–Kier alpha value is -2.26. The first-order chi connectivity index (χ1) is 15.8. The fourth-order valence-corrected chi connectivity index (χ4v) is 5.00. The van der Waals surface area contributed by atoms with Crippen LogP contribution in [-0.2, 0) is 27.4 Å². The fraction of sp³-hybridized carbons (Fsp3) is 0.174. The van der Waals surface area contributed by atoms with Gasteiger partial charge in [-0.05, 0) is 60.7 Å². The summed E-state index contributed by atoms with van der Waals surface area (Å²) < 4.78 is 7.69. The lowest BCUT2D eigenvalue weighted by molar-refractivity contribution is -0.143. The van der Waals surface area contributed by atoms with E-state index in [1.54, 1.807) is 42.0 Å². The number of thioether (sulfide) groups is 1. The fourth-order valence-electron chi connectivity index (χ4n) is 3.49. The maximum atomic E-state index is 13.0. The number of rotatable bonds is 6. The molecule has 0 saturated carbocycles. The topological polar surface area (TPSA) is 68.6 Å². The van der Waals surface area contributed by atoms with Crippen LogP contribution in [0.3, 0.4) is 0 Å². The zero-order valence-electron chi connectivity index (χ0n) is 17.3. The van der Waals surface area contributed by atoms with Crippen LogP contribution in [0.4, 0.5) is 4.79 Å². The molecule has 0 N–H and O–H groups in total. The normalized spacial score (nSPS) is 15.2. The van der Waals surface area contributed by atoms with Crippen molar-refractivity contribution in [2.75, 3.05) is 6.61 Å². The van der Waals surface area contributed by atoms with E-state index in [1.807, 2.05) is 18.2 Å². The molecule has 3 aromatic rings. The van der Waals surface area contributed by atoms with E-state index in [0.717, 1.165) is 32.7 Å². The Morgan fingerprint density at radius 1 is 1.15 bits per heavy atom. The number of carbonyl (C=O) groups excluding carboxylic acids is 3. The van der Waals surface area contributed by atoms with Gasteiger partial charge in [-0.2, -0.15) is 0 Å². The van der Waals surface area contributed by atoms with E-state index in [9.17, 15) is 14.4 Å². The number of amides is 2. The molecule has 2 heterocycles. The summed E-state index contributed by atoms with van der Waals surface area (Å²) in [5, 5.41) is 1.23. The van der Waals surface area contributed by atoms with Crippen LogP contribution < -0.4 is 0 Å². The number of hydrogen-bond acceptors (Lipinski definition) is 5. The number of fused-ring (bicyclic) bond motifs is 1. The summed E-state index contributed by atoms with van der Waals surface area (Å²) in [5.41, 5.74) is 2.23. The Balaban J connectivity index is 1.65. The van der Waals surface area contributed by atoms with Crippen LogP contribution in [-0.4, -0.2) is 33.2 Å². The van der Waals surface area contributed by atoms with Crippen molar-refractivity contribution < 1.29 is 19.1 Å². The third-order valence-corrected chi connectivity index (χ3v) is 7.10. The summed E-state index contributed by atoms with van der Waals surface area (Å²) in [6, 6.07) is 10.6. The molecule has 6 nitrogen and oxygen atoms in total. The second kappa shape index (κ2) is 9.93. The molecule has 0 spiro atoms. The molecule has 1 saturated heterocycles. The van der Waals surface area contributed by atoms with Crippen molar-refractivity contribution in [3.05, 3.63) is 73.1 Å². The van der Waals surface area contributed by atoms with Crippen LogP contribution in [0.5, 0.6) is 0 Å². The number of aromatic nitrogens is 1. The van der Waals surface area contributed by atoms with E-state index in [0.29, 0.717) is 27.1 Å². The van der Waals surface area contributed by atoms with Gasteiger partial charge < -0.3 is 9.30 Å². The standard InChI is InChI=1S/C23H17BrCl2N2O4S/c1-2-32-21(29)12-27-11-14(16-9-15(24)4-6-19(16)27)8-20-22(30)28(23(31)33-20)10-13-3-5-17(25)18(26)7-13/h3-9,11H,2,10,12H2,1H3/b20-8-. The molecular formula is C23H17BrCl2N2O4S. The summed E-state index contributed by atoms with van der Waals surface area (Å²) in [6.45, 7) is 2.18. The minimum atomic E-state index is -0.391. The molecule has 0 atom stereocenters. The molecule has 0 aliphatic carbocycles. The van der Waals surface area contributed by atoms with Gasteiger partial charge in [0.2, 0.25) is 0 Å². The van der Waals surface area contributed by atoms with Gasteiger partial charge in [-0.15, -0.1) is 0 Å². The molecule has 1 aliphatic heterocycles. The quantitative estimate of drug-likeness (QED) is 0.251. The van der Waals surface area contributed by atoms with Crippen LogP contribution in [0.15, 0.2) is 52.0 Å². The van der Waals surface area contributed by atoms with E-state index in [-0.39, 0.29) is 24.3 Å². The molecule has 170 valence electrons. The third kappa shape index (κ3) is 5.14. The molecule has 0 unspecified atom stereocenters. The number of ether oxygens (including phenoxy) is 1. The van der Waals surface area contributed by atoms with Crippen molar-refractivity contribution in [1.29, 1.82) is 0 Å². The lowest BCUT2D eigenvalue weighted by Crippen LogP contribution is -2.27. The highest BCUT2D eigenvalue weighted by Crippen LogP contribution is 2.36. The first kappa shape index (κ1) is 23.9. The van der Waals surface area contributed by atoms with Crippen molar-refractivity contribution in [1.82, 2.24) is 9.47 Å². The van der Waals surface area contributed by atoms with Crippen LogP contribution in [0.1, 0.15) is 18.1 Å². The van der Waals surface area contributed by atoms with E-state index in [2.05, 4.69) is 15.9 Å². The van der Waals surface area contributed by atoms with Crippen LogP contribution in [0.2, 0.25) is 10.0 Å². The first-order valence-corrected chi connectivity index (χ1v) is 12.3. The van der Waals surface area contributed by atoms with Crippen LogP contribution in [0, 0.1) is 0 Å². The minimum Gasteiger partial charge on any atom is -0.465 e. The van der Waals surface area contributed by atoms with Crippen molar-refractivity contribution >= 4 is 85.0 Å². The summed E-state index contributed by atoms with van der Waals surface area (Å²) in [6.07, 6.45) is 3.46. The third-order valence-electron chi connectivity index (χ3n) is 4.96. The van der Waals surface area contributed by atoms with Gasteiger partial charge in [0.15, 0.2) is 0 Å². The van der Waals surface area contributed by atoms with Crippen molar-refractivity contribution in [3.63, 3.8) is 0 Å². The average Bonchev–Trinajstić information content (AvgIpc) is 3.22. The van der Waals surface area contributed by atoms with Crippen molar-refractivity contribution in [3.8, 4) is 0 Å². The van der Waals surface area contributed by atoms with E-state index in [4.69, 9.17) is 27.9 Å². The highest BCUT2D eigenvalue weighted by molar-refractivity contribution is 9.10. The molecule has 10 heteroatoms. The molecular weight excluding hydrogens is 551 g/mol. The first-order valence-electron chi connectivity index (χ1n) is 9.90. The van der Waals surface area contributed by atoms with E-state index in [1.165, 1.54) is 4.90 Å². The summed E-state index contributed by atoms with van der Waals surface area (Å²) in [4.78, 5) is 39.1. The molecule has 2 amide bonds. The largest absolute Gasteiger partial charge is 0.465 e. The summed E-state index contributed by atoms with van der Waals surface area (Å²) in [7, 11) is 0. The molecule has 33 heavy (non-hydrogen) atoms. The SMILES string of the molecule is CCOC(=O)Cn1cc(/C=C2\SC(=O)N(Cc3ccc(Cl)c(Cl)c3)C2=O)c2cc(Br)ccc21. The van der Waals surface area contributed by atoms with Gasteiger partial charge in [0.05, 0.1) is 28.1 Å². The number of benzene rings is 2. The van der Waals surface area contributed by atoms with Gasteiger partial charge in [0.1, 0.15) is 6.54 Å². The molecule has 1 fully saturated rings. The number of esters is 1. The Morgan fingerprint density at radius 3 is 2.67 bits per heavy atom. The maximum Gasteiger partial charge on any atom is 0.325 e. The van der Waals surface area contributed by atoms with Gasteiger partial charge in [-0.25, -0.2) is 0 Å². The summed E-state index contributed by atoms with van der Waals surface area (Å²) in [5.74, 6) is -0.747. The minimum absolute atomic E-state index is 0.0403. The monoisotopic (exact) mass is 566 g/mol. The van der Waals surface area contributed by atoms with Crippen molar-refractivity contribution in [2.45, 2.75) is 20.0 Å². The Kier molecular flexibility index (Phi) is 7.19. The summed E-state index contributed by atoms with van der Waals surface area (Å²) >= 11 is 16.4. The van der Waals surface area contributed by atoms with Gasteiger partial charge in [-0.3, -0.25) is 19.3 Å². The average molecular weight is 568 g/mol. The van der Waals surface area contributed by atoms with Gasteiger partial charge in [-0.1, -0.05) is 45.2 Å². The molecule has 0 radical (unpaired) electrons. The van der Waals surface area contributed by atoms with Crippen LogP contribution >= 0.6 is 50.9 Å². The van der Waals surface area contributed by atoms with E-state index >= 15 is 0 Å². The van der Waals surface area contributed by atoms with Gasteiger partial charge in [0.25, 0.3) is 11.1 Å². The van der Waals surface area contributed by atoms with Crippen molar-refractivity contribution in [2.24, 2.45) is 0 Å². The second-order valence-corrected chi connectivity index (χ2v) is 9.92. The zero-order valence-corrected chi connectivity index (χ0v) is 21.2. The highest BCUT2D eigenvalue weighted by Gasteiger charge is 2.35. The molecule has 0 bridgehead atoms. The number of hydrogen-bond donors (Lipinski definition) is 0. The molecule has 1 aliphatic rings. The van der Waals surface area contributed by atoms with Gasteiger partial charge in [0, 0.05) is 27.1 Å². The molecule has 2 aromatic carbocycles. The van der Waals surface area contributed by atoms with E-state index < -0.39 is 5.91 Å². The molecule has 1 aromatic heterocycles. The predicted molar refractivity (Wildman–Crippen MR) is 134 cm³/mol. The lowest BCUT2D eigenvalue weighted by Gasteiger charge is -2.12. The number of imide groups is 1.